The summed E-state index contributed by atoms with van der Waals surface area (Å²) in [4.78, 5) is 12.4. The molecule has 1 amide bonds. The Morgan fingerprint density at radius 1 is 1.32 bits per heavy atom. The zero-order valence-corrected chi connectivity index (χ0v) is 14.0. The molecule has 6 nitrogen and oxygen atoms in total. The Balaban J connectivity index is 0.00000242. The summed E-state index contributed by atoms with van der Waals surface area (Å²) in [6, 6.07) is 6.63. The number of hydrogen-bond donors (Lipinski definition) is 3. The fourth-order valence-electron chi connectivity index (χ4n) is 2.72. The molecule has 0 aromatic heterocycles. The van der Waals surface area contributed by atoms with E-state index in [1.54, 1.807) is 24.3 Å². The van der Waals surface area contributed by atoms with Gasteiger partial charge >= 0.3 is 0 Å². The minimum atomic E-state index is -3.43. The molecule has 22 heavy (non-hydrogen) atoms. The number of benzene rings is 1. The van der Waals surface area contributed by atoms with Crippen LogP contribution in [0.5, 0.6) is 0 Å². The average molecular weight is 348 g/mol. The van der Waals surface area contributed by atoms with E-state index in [0.29, 0.717) is 23.7 Å². The molecule has 1 aliphatic carbocycles. The van der Waals surface area contributed by atoms with Gasteiger partial charge in [-0.1, -0.05) is 18.6 Å². The van der Waals surface area contributed by atoms with Gasteiger partial charge in [-0.05, 0) is 37.4 Å². The summed E-state index contributed by atoms with van der Waals surface area (Å²) in [5.41, 5.74) is 6.32. The molecule has 4 N–H and O–H groups in total. The molecule has 1 aliphatic rings. The van der Waals surface area contributed by atoms with E-state index in [0.717, 1.165) is 25.5 Å². The van der Waals surface area contributed by atoms with E-state index in [1.807, 2.05) is 0 Å². The molecule has 1 aromatic carbocycles. The molecule has 0 bridgehead atoms. The second-order valence-corrected chi connectivity index (χ2v) is 7.17. The van der Waals surface area contributed by atoms with Gasteiger partial charge in [-0.2, -0.15) is 0 Å². The van der Waals surface area contributed by atoms with Gasteiger partial charge in [0.25, 0.3) is 5.91 Å². The van der Waals surface area contributed by atoms with Gasteiger partial charge in [-0.15, -0.1) is 12.4 Å². The Bertz CT molecular complexity index is 622. The van der Waals surface area contributed by atoms with Crippen molar-refractivity contribution in [1.82, 2.24) is 5.32 Å². The number of nitrogens with two attached hydrogens (primary N) is 1. The highest BCUT2D eigenvalue weighted by Crippen LogP contribution is 2.25. The number of carbonyl (C=O) groups excluding carboxylic acids is 1. The SMILES string of the molecule is CS(=O)(=O)Nc1ccccc1C(=O)NC1CCCC1CN.Cl. The van der Waals surface area contributed by atoms with Crippen LogP contribution in [0, 0.1) is 5.92 Å². The monoisotopic (exact) mass is 347 g/mol. The lowest BCUT2D eigenvalue weighted by molar-refractivity contribution is 0.0929. The molecule has 0 aliphatic heterocycles. The minimum Gasteiger partial charge on any atom is -0.349 e. The fraction of sp³-hybridized carbons (Fsp3) is 0.500. The lowest BCUT2D eigenvalue weighted by Crippen LogP contribution is -2.40. The number of halogens is 1. The van der Waals surface area contributed by atoms with Crippen LogP contribution in [0.15, 0.2) is 24.3 Å². The van der Waals surface area contributed by atoms with Crippen LogP contribution in [0.2, 0.25) is 0 Å². The molecule has 0 saturated heterocycles. The molecule has 0 radical (unpaired) electrons. The number of para-hydroxylation sites is 1. The first-order valence-corrected chi connectivity index (χ1v) is 8.87. The van der Waals surface area contributed by atoms with Crippen LogP contribution in [-0.2, 0) is 10.0 Å². The van der Waals surface area contributed by atoms with Gasteiger partial charge in [-0.25, -0.2) is 8.42 Å². The Morgan fingerprint density at radius 2 is 2.00 bits per heavy atom. The first-order valence-electron chi connectivity index (χ1n) is 6.98. The zero-order chi connectivity index (χ0) is 15.5. The normalized spacial score (nSPS) is 21.0. The maximum absolute atomic E-state index is 12.4. The predicted molar refractivity (Wildman–Crippen MR) is 89.8 cm³/mol. The maximum Gasteiger partial charge on any atom is 0.253 e. The predicted octanol–water partition coefficient (Wildman–Crippen LogP) is 1.34. The highest BCUT2D eigenvalue weighted by molar-refractivity contribution is 7.92. The lowest BCUT2D eigenvalue weighted by atomic mass is 10.0. The third kappa shape index (κ3) is 4.86. The average Bonchev–Trinajstić information content (AvgIpc) is 2.84. The van der Waals surface area contributed by atoms with E-state index < -0.39 is 10.0 Å². The van der Waals surface area contributed by atoms with E-state index in [1.165, 1.54) is 0 Å². The summed E-state index contributed by atoms with van der Waals surface area (Å²) < 4.78 is 25.1. The van der Waals surface area contributed by atoms with Gasteiger partial charge in [-0.3, -0.25) is 9.52 Å². The minimum absolute atomic E-state index is 0. The first-order chi connectivity index (χ1) is 9.90. The second-order valence-electron chi connectivity index (χ2n) is 5.43. The molecule has 1 fully saturated rings. The van der Waals surface area contributed by atoms with Crippen LogP contribution in [0.25, 0.3) is 0 Å². The fourth-order valence-corrected chi connectivity index (χ4v) is 3.30. The number of hydrogen-bond acceptors (Lipinski definition) is 4. The molecule has 0 heterocycles. The Hall–Kier alpha value is -1.31. The number of carbonyl (C=O) groups is 1. The molecular weight excluding hydrogens is 326 g/mol. The second kappa shape index (κ2) is 7.80. The molecule has 1 saturated carbocycles. The van der Waals surface area contributed by atoms with Gasteiger partial charge in [0.05, 0.1) is 17.5 Å². The summed E-state index contributed by atoms with van der Waals surface area (Å²) in [6.45, 7) is 0.550. The highest BCUT2D eigenvalue weighted by atomic mass is 35.5. The Morgan fingerprint density at radius 3 is 2.64 bits per heavy atom. The molecule has 2 unspecified atom stereocenters. The number of anilines is 1. The van der Waals surface area contributed by atoms with Crippen molar-refractivity contribution < 1.29 is 13.2 Å². The first kappa shape index (κ1) is 18.7. The van der Waals surface area contributed by atoms with E-state index in [9.17, 15) is 13.2 Å². The van der Waals surface area contributed by atoms with Crippen molar-refractivity contribution in [2.45, 2.75) is 25.3 Å². The summed E-state index contributed by atoms with van der Waals surface area (Å²) in [5.74, 6) is 0.0241. The van der Waals surface area contributed by atoms with Crippen LogP contribution in [0.1, 0.15) is 29.6 Å². The van der Waals surface area contributed by atoms with Crippen LogP contribution in [-0.4, -0.2) is 33.2 Å². The lowest BCUT2D eigenvalue weighted by Gasteiger charge is -2.20. The quantitative estimate of drug-likeness (QED) is 0.748. The molecule has 124 valence electrons. The van der Waals surface area contributed by atoms with Crippen molar-refractivity contribution in [3.8, 4) is 0 Å². The van der Waals surface area contributed by atoms with Gasteiger partial charge < -0.3 is 11.1 Å². The van der Waals surface area contributed by atoms with E-state index in [2.05, 4.69) is 10.0 Å². The standard InChI is InChI=1S/C14H21N3O3S.ClH/c1-21(19,20)17-13-7-3-2-6-11(13)14(18)16-12-8-4-5-10(12)9-15;/h2-3,6-7,10,12,17H,4-5,8-9,15H2,1H3,(H,16,18);1H. The van der Waals surface area contributed by atoms with Crippen molar-refractivity contribution in [2.75, 3.05) is 17.5 Å². The summed E-state index contributed by atoms with van der Waals surface area (Å²) in [6.07, 6.45) is 4.04. The van der Waals surface area contributed by atoms with Crippen molar-refractivity contribution in [1.29, 1.82) is 0 Å². The topological polar surface area (TPSA) is 101 Å². The Labute approximate surface area is 137 Å². The maximum atomic E-state index is 12.4. The third-order valence-electron chi connectivity index (χ3n) is 3.75. The summed E-state index contributed by atoms with van der Waals surface area (Å²) in [5, 5.41) is 2.97. The summed E-state index contributed by atoms with van der Waals surface area (Å²) in [7, 11) is -3.43. The molecule has 2 rings (SSSR count). The van der Waals surface area contributed by atoms with Crippen molar-refractivity contribution >= 4 is 34.0 Å². The molecule has 8 heteroatoms. The summed E-state index contributed by atoms with van der Waals surface area (Å²) >= 11 is 0. The van der Waals surface area contributed by atoms with Crippen molar-refractivity contribution in [2.24, 2.45) is 11.7 Å². The molecular formula is C14H22ClN3O3S. The van der Waals surface area contributed by atoms with Crippen LogP contribution >= 0.6 is 12.4 Å². The van der Waals surface area contributed by atoms with Crippen LogP contribution in [0.3, 0.4) is 0 Å². The van der Waals surface area contributed by atoms with Crippen LogP contribution < -0.4 is 15.8 Å². The van der Waals surface area contributed by atoms with Gasteiger partial charge in [0, 0.05) is 6.04 Å². The van der Waals surface area contributed by atoms with Gasteiger partial charge in [0.15, 0.2) is 0 Å². The van der Waals surface area contributed by atoms with E-state index >= 15 is 0 Å². The highest BCUT2D eigenvalue weighted by Gasteiger charge is 2.28. The largest absolute Gasteiger partial charge is 0.349 e. The van der Waals surface area contributed by atoms with Gasteiger partial charge in [0.1, 0.15) is 0 Å². The van der Waals surface area contributed by atoms with E-state index in [-0.39, 0.29) is 24.4 Å². The van der Waals surface area contributed by atoms with Crippen molar-refractivity contribution in [3.05, 3.63) is 29.8 Å². The zero-order valence-electron chi connectivity index (χ0n) is 12.4. The molecule has 0 spiro atoms. The van der Waals surface area contributed by atoms with Crippen LogP contribution in [0.4, 0.5) is 5.69 Å². The number of rotatable bonds is 5. The smallest absolute Gasteiger partial charge is 0.253 e. The van der Waals surface area contributed by atoms with E-state index in [4.69, 9.17) is 5.73 Å². The number of nitrogens with one attached hydrogen (secondary N) is 2. The van der Waals surface area contributed by atoms with Gasteiger partial charge in [0.2, 0.25) is 10.0 Å². The molecule has 2 atom stereocenters. The Kier molecular flexibility index (Phi) is 6.65. The molecule has 1 aromatic rings. The van der Waals surface area contributed by atoms with Crippen molar-refractivity contribution in [3.63, 3.8) is 0 Å². The number of sulfonamides is 1. The number of amides is 1. The third-order valence-corrected chi connectivity index (χ3v) is 4.34.